The van der Waals surface area contributed by atoms with Gasteiger partial charge in [-0.2, -0.15) is 0 Å². The van der Waals surface area contributed by atoms with Crippen molar-refractivity contribution in [3.05, 3.63) is 166 Å². The number of thiophene rings is 1. The van der Waals surface area contributed by atoms with Crippen molar-refractivity contribution in [2.75, 3.05) is 0 Å². The quantitative estimate of drug-likeness (QED) is 0.140. The predicted octanol–water partition coefficient (Wildman–Crippen LogP) is 11.9. The van der Waals surface area contributed by atoms with Gasteiger partial charge < -0.3 is 8.83 Å². The molecule has 10 rings (SSSR count). The Kier molecular flexibility index (Phi) is 6.23. The van der Waals surface area contributed by atoms with Crippen LogP contribution in [-0.2, 0) is 0 Å². The highest BCUT2D eigenvalue weighted by Gasteiger charge is 2.18. The lowest BCUT2D eigenvalue weighted by atomic mass is 9.95. The molecule has 0 aliphatic carbocycles. The number of benzene rings is 7. The van der Waals surface area contributed by atoms with Crippen molar-refractivity contribution >= 4 is 75.4 Å². The van der Waals surface area contributed by atoms with Crippen LogP contribution in [0.1, 0.15) is 5.56 Å². The van der Waals surface area contributed by atoms with Crippen LogP contribution >= 0.6 is 11.3 Å². The van der Waals surface area contributed by atoms with Crippen molar-refractivity contribution in [1.29, 1.82) is 0 Å². The maximum atomic E-state index is 14.0. The largest absolute Gasteiger partial charge is 0.456 e. The van der Waals surface area contributed by atoms with E-state index in [1.807, 2.05) is 42.5 Å². The minimum atomic E-state index is -0.212. The Morgan fingerprint density at radius 3 is 1.94 bits per heavy atom. The average molecular weight is 663 g/mol. The molecule has 0 amide bonds. The van der Waals surface area contributed by atoms with E-state index in [2.05, 4.69) is 91.0 Å². The molecule has 0 spiro atoms. The SMILES string of the molecule is Cc1ccc2oc3ccc4c(=O)c5cc(-c6cccc(-c7cccc(-c8cccc9c8sc8ccccc89)c7)c6)ccc5oc4c3c(=O)c2c1. The maximum Gasteiger partial charge on any atom is 0.204 e. The summed E-state index contributed by atoms with van der Waals surface area (Å²) < 4.78 is 15.0. The molecule has 0 aliphatic rings. The van der Waals surface area contributed by atoms with E-state index in [0.29, 0.717) is 32.9 Å². The van der Waals surface area contributed by atoms with E-state index in [4.69, 9.17) is 8.83 Å². The van der Waals surface area contributed by atoms with Crippen molar-refractivity contribution in [2.24, 2.45) is 0 Å². The van der Waals surface area contributed by atoms with Crippen molar-refractivity contribution in [2.45, 2.75) is 6.92 Å². The number of aryl methyl sites for hydroxylation is 1. The van der Waals surface area contributed by atoms with Crippen molar-refractivity contribution in [3.63, 3.8) is 0 Å². The molecule has 3 aromatic heterocycles. The van der Waals surface area contributed by atoms with Crippen molar-refractivity contribution in [3.8, 4) is 33.4 Å². The Balaban J connectivity index is 1.07. The molecular formula is C45H26O4S. The highest BCUT2D eigenvalue weighted by Crippen LogP contribution is 2.41. The summed E-state index contributed by atoms with van der Waals surface area (Å²) in [6.07, 6.45) is 0. The van der Waals surface area contributed by atoms with Gasteiger partial charge in [-0.05, 0) is 94.9 Å². The van der Waals surface area contributed by atoms with Gasteiger partial charge in [0.1, 0.15) is 22.1 Å². The molecule has 0 saturated carbocycles. The second-order valence-electron chi connectivity index (χ2n) is 12.8. The van der Waals surface area contributed by atoms with Gasteiger partial charge in [0, 0.05) is 20.2 Å². The van der Waals surface area contributed by atoms with Gasteiger partial charge in [0.15, 0.2) is 5.58 Å². The first-order chi connectivity index (χ1) is 24.5. The number of hydrogen-bond acceptors (Lipinski definition) is 5. The zero-order chi connectivity index (χ0) is 33.5. The number of hydrogen-bond donors (Lipinski definition) is 0. The van der Waals surface area contributed by atoms with Crippen molar-refractivity contribution < 1.29 is 8.83 Å². The molecule has 0 saturated heterocycles. The van der Waals surface area contributed by atoms with Gasteiger partial charge in [0.25, 0.3) is 0 Å². The first-order valence-electron chi connectivity index (χ1n) is 16.5. The molecule has 10 aromatic rings. The van der Waals surface area contributed by atoms with Gasteiger partial charge in [-0.1, -0.05) is 90.5 Å². The van der Waals surface area contributed by atoms with Crippen LogP contribution in [-0.4, -0.2) is 0 Å². The first kappa shape index (κ1) is 28.7. The van der Waals surface area contributed by atoms with E-state index in [1.165, 1.54) is 31.3 Å². The van der Waals surface area contributed by atoms with Crippen LogP contribution in [0.5, 0.6) is 0 Å². The summed E-state index contributed by atoms with van der Waals surface area (Å²) in [6, 6.07) is 46.7. The Hall–Kier alpha value is -6.30. The van der Waals surface area contributed by atoms with Crippen LogP contribution in [0, 0.1) is 6.92 Å². The lowest BCUT2D eigenvalue weighted by Crippen LogP contribution is -2.07. The minimum absolute atomic E-state index is 0.187. The third-order valence-electron chi connectivity index (χ3n) is 9.73. The van der Waals surface area contributed by atoms with Crippen LogP contribution in [0.25, 0.3) is 97.4 Å². The van der Waals surface area contributed by atoms with Crippen LogP contribution in [0.3, 0.4) is 0 Å². The highest BCUT2D eigenvalue weighted by molar-refractivity contribution is 7.26. The molecule has 5 heteroatoms. The normalized spacial score (nSPS) is 11.9. The van der Waals surface area contributed by atoms with Crippen LogP contribution in [0.2, 0.25) is 0 Å². The number of rotatable bonds is 3. The molecule has 236 valence electrons. The zero-order valence-electron chi connectivity index (χ0n) is 26.8. The molecule has 0 unspecified atom stereocenters. The summed E-state index contributed by atoms with van der Waals surface area (Å²) >= 11 is 1.84. The second-order valence-corrected chi connectivity index (χ2v) is 13.9. The fraction of sp³-hybridized carbons (Fsp3) is 0.0222. The Labute approximate surface area is 289 Å². The molecule has 0 fully saturated rings. The standard InChI is InChI=1S/C45H26O4S/c1-25-15-18-37-35(21-25)43(47)41-39(48-37)20-17-34-42(46)36-24-29(16-19-38(36)49-44(34)41)27-8-4-7-26(22-27)28-9-5-10-30(23-28)31-12-6-13-33-32-11-2-3-14-40(32)50-45(31)33/h2-24H,1H3. The van der Waals surface area contributed by atoms with E-state index in [0.717, 1.165) is 27.8 Å². The number of fused-ring (bicyclic) bond motifs is 8. The highest BCUT2D eigenvalue weighted by atomic mass is 32.1. The molecule has 7 aromatic carbocycles. The smallest absolute Gasteiger partial charge is 0.204 e. The Bertz CT molecular complexity index is 3160. The van der Waals surface area contributed by atoms with E-state index in [-0.39, 0.29) is 21.8 Å². The molecule has 3 heterocycles. The van der Waals surface area contributed by atoms with E-state index in [9.17, 15) is 9.59 Å². The first-order valence-corrected chi connectivity index (χ1v) is 17.3. The molecule has 0 aliphatic heterocycles. The van der Waals surface area contributed by atoms with E-state index < -0.39 is 0 Å². The van der Waals surface area contributed by atoms with E-state index >= 15 is 0 Å². The van der Waals surface area contributed by atoms with Crippen molar-refractivity contribution in [1.82, 2.24) is 0 Å². The zero-order valence-corrected chi connectivity index (χ0v) is 27.6. The molecule has 4 nitrogen and oxygen atoms in total. The Morgan fingerprint density at radius 2 is 1.10 bits per heavy atom. The van der Waals surface area contributed by atoms with E-state index in [1.54, 1.807) is 24.3 Å². The lowest BCUT2D eigenvalue weighted by molar-refractivity contribution is 0.649. The van der Waals surface area contributed by atoms with Gasteiger partial charge in [-0.3, -0.25) is 9.59 Å². The fourth-order valence-corrected chi connectivity index (χ4v) is 8.50. The molecule has 0 radical (unpaired) electrons. The van der Waals surface area contributed by atoms with Crippen LogP contribution < -0.4 is 10.9 Å². The third kappa shape index (κ3) is 4.37. The second kappa shape index (κ2) is 10.9. The molecule has 50 heavy (non-hydrogen) atoms. The van der Waals surface area contributed by atoms with Crippen LogP contribution in [0.4, 0.5) is 0 Å². The summed E-state index contributed by atoms with van der Waals surface area (Å²) in [5.41, 5.74) is 8.59. The lowest BCUT2D eigenvalue weighted by Gasteiger charge is -2.10. The topological polar surface area (TPSA) is 60.4 Å². The molecule has 0 atom stereocenters. The third-order valence-corrected chi connectivity index (χ3v) is 11.0. The summed E-state index contributed by atoms with van der Waals surface area (Å²) in [6.45, 7) is 1.93. The predicted molar refractivity (Wildman–Crippen MR) is 207 cm³/mol. The van der Waals surface area contributed by atoms with Crippen LogP contribution in [0.15, 0.2) is 158 Å². The Morgan fingerprint density at radius 1 is 0.460 bits per heavy atom. The van der Waals surface area contributed by atoms with Gasteiger partial charge >= 0.3 is 0 Å². The monoisotopic (exact) mass is 662 g/mol. The summed E-state index contributed by atoms with van der Waals surface area (Å²) in [7, 11) is 0. The van der Waals surface area contributed by atoms with Gasteiger partial charge in [0.2, 0.25) is 10.9 Å². The summed E-state index contributed by atoms with van der Waals surface area (Å²) in [5, 5.41) is 4.12. The molecule has 0 bridgehead atoms. The summed E-state index contributed by atoms with van der Waals surface area (Å²) in [5.74, 6) is 0. The van der Waals surface area contributed by atoms with Gasteiger partial charge in [0.05, 0.1) is 16.2 Å². The van der Waals surface area contributed by atoms with Gasteiger partial charge in [-0.25, -0.2) is 0 Å². The molecule has 0 N–H and O–H groups in total. The van der Waals surface area contributed by atoms with Gasteiger partial charge in [-0.15, -0.1) is 11.3 Å². The fourth-order valence-electron chi connectivity index (χ4n) is 7.26. The average Bonchev–Trinajstić information content (AvgIpc) is 3.54. The maximum absolute atomic E-state index is 14.0. The molecular weight excluding hydrogens is 637 g/mol. The minimum Gasteiger partial charge on any atom is -0.456 e. The summed E-state index contributed by atoms with van der Waals surface area (Å²) in [4.78, 5) is 27.6.